The number of nitrogens with one attached hydrogen (secondary N) is 1. The first kappa shape index (κ1) is 19.3. The zero-order chi connectivity index (χ0) is 18.4. The SMILES string of the molecule is CN(C)[C@H](CNC(=O)c1ccc(SC(F)F)cc1)c1cccc(F)c1. The maximum absolute atomic E-state index is 13.4. The van der Waals surface area contributed by atoms with Crippen LogP contribution < -0.4 is 5.32 Å². The Hall–Kier alpha value is -1.99. The highest BCUT2D eigenvalue weighted by atomic mass is 32.2. The average Bonchev–Trinajstić information content (AvgIpc) is 2.54. The molecule has 0 aliphatic carbocycles. The molecular formula is C18H19F3N2OS. The first-order valence-electron chi connectivity index (χ1n) is 7.62. The minimum atomic E-state index is -2.49. The van der Waals surface area contributed by atoms with Gasteiger partial charge in [-0.05, 0) is 56.1 Å². The first-order valence-corrected chi connectivity index (χ1v) is 8.49. The van der Waals surface area contributed by atoms with Crippen LogP contribution in [0.25, 0.3) is 0 Å². The number of nitrogens with zero attached hydrogens (tertiary/aromatic N) is 1. The summed E-state index contributed by atoms with van der Waals surface area (Å²) in [6.45, 7) is 0.294. The lowest BCUT2D eigenvalue weighted by molar-refractivity contribution is 0.0942. The number of carbonyl (C=O) groups excluding carboxylic acids is 1. The Morgan fingerprint density at radius 3 is 2.40 bits per heavy atom. The zero-order valence-corrected chi connectivity index (χ0v) is 14.7. The normalized spacial score (nSPS) is 12.4. The fourth-order valence-corrected chi connectivity index (χ4v) is 2.89. The lowest BCUT2D eigenvalue weighted by atomic mass is 10.1. The lowest BCUT2D eigenvalue weighted by Gasteiger charge is -2.25. The summed E-state index contributed by atoms with van der Waals surface area (Å²) in [5.74, 6) is -3.13. The number of hydrogen-bond donors (Lipinski definition) is 1. The van der Waals surface area contributed by atoms with E-state index in [4.69, 9.17) is 0 Å². The molecule has 0 saturated heterocycles. The molecule has 1 amide bonds. The van der Waals surface area contributed by atoms with Crippen molar-refractivity contribution < 1.29 is 18.0 Å². The molecule has 0 unspecified atom stereocenters. The van der Waals surface area contributed by atoms with E-state index in [1.807, 2.05) is 19.0 Å². The van der Waals surface area contributed by atoms with Crippen molar-refractivity contribution in [3.8, 4) is 0 Å². The van der Waals surface area contributed by atoms with Gasteiger partial charge in [-0.1, -0.05) is 23.9 Å². The second-order valence-electron chi connectivity index (χ2n) is 5.65. The predicted molar refractivity (Wildman–Crippen MR) is 93.5 cm³/mol. The molecular weight excluding hydrogens is 349 g/mol. The van der Waals surface area contributed by atoms with Gasteiger partial charge in [-0.25, -0.2) is 4.39 Å². The molecule has 0 heterocycles. The van der Waals surface area contributed by atoms with E-state index in [-0.39, 0.29) is 17.8 Å². The van der Waals surface area contributed by atoms with Gasteiger partial charge in [0.25, 0.3) is 11.7 Å². The Labute approximate surface area is 149 Å². The van der Waals surface area contributed by atoms with Crippen molar-refractivity contribution >= 4 is 17.7 Å². The Morgan fingerprint density at radius 2 is 1.84 bits per heavy atom. The lowest BCUT2D eigenvalue weighted by Crippen LogP contribution is -2.34. The van der Waals surface area contributed by atoms with E-state index in [0.717, 1.165) is 5.56 Å². The van der Waals surface area contributed by atoms with Gasteiger partial charge in [-0.3, -0.25) is 4.79 Å². The van der Waals surface area contributed by atoms with Crippen LogP contribution in [0.4, 0.5) is 13.2 Å². The monoisotopic (exact) mass is 368 g/mol. The van der Waals surface area contributed by atoms with Gasteiger partial charge < -0.3 is 10.2 Å². The smallest absolute Gasteiger partial charge is 0.288 e. The van der Waals surface area contributed by atoms with Crippen molar-refractivity contribution in [2.24, 2.45) is 0 Å². The van der Waals surface area contributed by atoms with Crippen molar-refractivity contribution in [3.05, 3.63) is 65.5 Å². The van der Waals surface area contributed by atoms with Crippen LogP contribution in [-0.2, 0) is 0 Å². The minimum absolute atomic E-state index is 0.187. The van der Waals surface area contributed by atoms with Gasteiger partial charge in [-0.15, -0.1) is 0 Å². The fraction of sp³-hybridized carbons (Fsp3) is 0.278. The van der Waals surface area contributed by atoms with E-state index in [2.05, 4.69) is 5.32 Å². The predicted octanol–water partition coefficient (Wildman–Crippen LogP) is 4.17. The van der Waals surface area contributed by atoms with Gasteiger partial charge in [0.05, 0.1) is 6.04 Å². The molecule has 2 rings (SSSR count). The molecule has 3 nitrogen and oxygen atoms in total. The first-order chi connectivity index (χ1) is 11.9. The molecule has 0 spiro atoms. The third kappa shape index (κ3) is 5.79. The molecule has 134 valence electrons. The largest absolute Gasteiger partial charge is 0.350 e. The fourth-order valence-electron chi connectivity index (χ4n) is 2.39. The molecule has 0 aliphatic heterocycles. The van der Waals surface area contributed by atoms with E-state index in [1.54, 1.807) is 12.1 Å². The number of carbonyl (C=O) groups is 1. The van der Waals surface area contributed by atoms with E-state index in [9.17, 15) is 18.0 Å². The molecule has 2 aromatic carbocycles. The molecule has 0 radical (unpaired) electrons. The van der Waals surface area contributed by atoms with Crippen LogP contribution in [-0.4, -0.2) is 37.2 Å². The summed E-state index contributed by atoms with van der Waals surface area (Å²) in [4.78, 5) is 14.5. The molecule has 1 atom stereocenters. The van der Waals surface area contributed by atoms with Crippen LogP contribution in [0, 0.1) is 5.82 Å². The third-order valence-corrected chi connectivity index (χ3v) is 4.38. The van der Waals surface area contributed by atoms with Crippen LogP contribution in [0.15, 0.2) is 53.4 Å². The number of alkyl halides is 2. The quantitative estimate of drug-likeness (QED) is 0.745. The maximum atomic E-state index is 13.4. The Bertz CT molecular complexity index is 708. The number of likely N-dealkylation sites (N-methyl/N-ethyl adjacent to an activating group) is 1. The molecule has 0 aromatic heterocycles. The molecule has 0 aliphatic rings. The average molecular weight is 368 g/mol. The highest BCUT2D eigenvalue weighted by Gasteiger charge is 2.16. The number of hydrogen-bond acceptors (Lipinski definition) is 3. The third-order valence-electron chi connectivity index (χ3n) is 3.65. The number of halogens is 3. The van der Waals surface area contributed by atoms with Crippen molar-refractivity contribution in [1.82, 2.24) is 10.2 Å². The van der Waals surface area contributed by atoms with Crippen LogP contribution in [0.2, 0.25) is 0 Å². The summed E-state index contributed by atoms with van der Waals surface area (Å²) in [5.41, 5.74) is 1.14. The topological polar surface area (TPSA) is 32.3 Å². The molecule has 0 saturated carbocycles. The van der Waals surface area contributed by atoms with Crippen LogP contribution >= 0.6 is 11.8 Å². The van der Waals surface area contributed by atoms with Crippen molar-refractivity contribution in [2.45, 2.75) is 16.7 Å². The number of rotatable bonds is 7. The number of thioether (sulfide) groups is 1. The van der Waals surface area contributed by atoms with Gasteiger partial charge in [0.2, 0.25) is 0 Å². The van der Waals surface area contributed by atoms with Crippen molar-refractivity contribution in [2.75, 3.05) is 20.6 Å². The summed E-state index contributed by atoms with van der Waals surface area (Å²) in [7, 11) is 3.69. The summed E-state index contributed by atoms with van der Waals surface area (Å²) < 4.78 is 38.0. The minimum Gasteiger partial charge on any atom is -0.350 e. The summed E-state index contributed by atoms with van der Waals surface area (Å²) in [6.07, 6.45) is 0. The Balaban J connectivity index is 2.01. The number of benzene rings is 2. The zero-order valence-electron chi connectivity index (χ0n) is 13.9. The van der Waals surface area contributed by atoms with Crippen LogP contribution in [0.3, 0.4) is 0 Å². The van der Waals surface area contributed by atoms with Gasteiger partial charge in [0, 0.05) is 17.0 Å². The molecule has 7 heteroatoms. The van der Waals surface area contributed by atoms with Gasteiger partial charge in [-0.2, -0.15) is 8.78 Å². The standard InChI is InChI=1S/C18H19F3N2OS/c1-23(2)16(13-4-3-5-14(19)10-13)11-22-17(24)12-6-8-15(9-7-12)25-18(20)21/h3-10,16,18H,11H2,1-2H3,(H,22,24)/t16-/m1/s1. The highest BCUT2D eigenvalue weighted by molar-refractivity contribution is 7.99. The second kappa shape index (κ2) is 8.92. The molecule has 25 heavy (non-hydrogen) atoms. The number of amides is 1. The van der Waals surface area contributed by atoms with Crippen LogP contribution in [0.1, 0.15) is 22.0 Å². The molecule has 2 aromatic rings. The Morgan fingerprint density at radius 1 is 1.16 bits per heavy atom. The van der Waals surface area contributed by atoms with Gasteiger partial charge in [0.1, 0.15) is 5.82 Å². The van der Waals surface area contributed by atoms with Crippen LogP contribution in [0.5, 0.6) is 0 Å². The molecule has 0 bridgehead atoms. The summed E-state index contributed by atoms with van der Waals surface area (Å²) in [5, 5.41) is 2.80. The van der Waals surface area contributed by atoms with E-state index < -0.39 is 5.76 Å². The van der Waals surface area contributed by atoms with E-state index >= 15 is 0 Å². The summed E-state index contributed by atoms with van der Waals surface area (Å²) in [6, 6.07) is 12.0. The van der Waals surface area contributed by atoms with Gasteiger partial charge in [0.15, 0.2) is 0 Å². The Kier molecular flexibility index (Phi) is 6.90. The van der Waals surface area contributed by atoms with Crippen molar-refractivity contribution in [1.29, 1.82) is 0 Å². The molecule has 0 fully saturated rings. The highest BCUT2D eigenvalue weighted by Crippen LogP contribution is 2.25. The van der Waals surface area contributed by atoms with Crippen molar-refractivity contribution in [3.63, 3.8) is 0 Å². The van der Waals surface area contributed by atoms with Gasteiger partial charge >= 0.3 is 0 Å². The van der Waals surface area contributed by atoms with E-state index in [1.165, 1.54) is 36.4 Å². The summed E-state index contributed by atoms with van der Waals surface area (Å²) >= 11 is 0.432. The van der Waals surface area contributed by atoms with E-state index in [0.29, 0.717) is 28.8 Å². The second-order valence-corrected chi connectivity index (χ2v) is 6.71. The maximum Gasteiger partial charge on any atom is 0.288 e. The molecule has 1 N–H and O–H groups in total.